The smallest absolute Gasteiger partial charge is 0.189 e. The van der Waals surface area contributed by atoms with E-state index in [-0.39, 0.29) is 11.5 Å². The molecule has 0 amide bonds. The maximum absolute atomic E-state index is 12.2. The predicted molar refractivity (Wildman–Crippen MR) is 88.3 cm³/mol. The maximum Gasteiger partial charge on any atom is 0.189 e. The van der Waals surface area contributed by atoms with Crippen molar-refractivity contribution in [3.8, 4) is 17.2 Å². The zero-order valence-corrected chi connectivity index (χ0v) is 12.9. The second kappa shape index (κ2) is 6.57. The van der Waals surface area contributed by atoms with E-state index in [0.717, 1.165) is 23.3 Å². The summed E-state index contributed by atoms with van der Waals surface area (Å²) in [6.45, 7) is 3.15. The first-order valence-electron chi connectivity index (χ1n) is 7.55. The number of carbonyl (C=O) groups is 1. The fourth-order valence-corrected chi connectivity index (χ4v) is 2.39. The molecule has 1 N–H and O–H groups in total. The molecule has 118 valence electrons. The van der Waals surface area contributed by atoms with E-state index in [1.807, 2.05) is 25.1 Å². The van der Waals surface area contributed by atoms with Crippen LogP contribution in [0.5, 0.6) is 17.2 Å². The SMILES string of the molecule is Cc1ccc(O)c(C(=O)C=Cc2ccc3c(c2)OCCCO3)c1. The molecule has 3 rings (SSSR count). The lowest BCUT2D eigenvalue weighted by Crippen LogP contribution is -1.97. The lowest BCUT2D eigenvalue weighted by Gasteiger charge is -2.07. The largest absolute Gasteiger partial charge is 0.507 e. The molecule has 0 bridgehead atoms. The van der Waals surface area contributed by atoms with Crippen molar-refractivity contribution in [2.45, 2.75) is 13.3 Å². The lowest BCUT2D eigenvalue weighted by molar-refractivity contribution is 0.104. The van der Waals surface area contributed by atoms with Crippen LogP contribution in [0.1, 0.15) is 27.9 Å². The van der Waals surface area contributed by atoms with Crippen molar-refractivity contribution in [3.63, 3.8) is 0 Å². The number of aryl methyl sites for hydroxylation is 1. The number of ether oxygens (including phenoxy) is 2. The van der Waals surface area contributed by atoms with Crippen LogP contribution in [0.25, 0.3) is 6.08 Å². The predicted octanol–water partition coefficient (Wildman–Crippen LogP) is 3.76. The number of hydrogen-bond donors (Lipinski definition) is 1. The van der Waals surface area contributed by atoms with Gasteiger partial charge in [-0.1, -0.05) is 23.8 Å². The van der Waals surface area contributed by atoms with Gasteiger partial charge in [-0.05, 0) is 42.8 Å². The molecule has 0 saturated heterocycles. The molecule has 0 aliphatic carbocycles. The van der Waals surface area contributed by atoms with Crippen molar-refractivity contribution in [2.24, 2.45) is 0 Å². The number of carbonyl (C=O) groups excluding carboxylic acids is 1. The Kier molecular flexibility index (Phi) is 4.33. The number of rotatable bonds is 3. The van der Waals surface area contributed by atoms with E-state index in [9.17, 15) is 9.90 Å². The molecule has 23 heavy (non-hydrogen) atoms. The van der Waals surface area contributed by atoms with Crippen LogP contribution in [0.3, 0.4) is 0 Å². The molecule has 0 unspecified atom stereocenters. The molecule has 1 aliphatic rings. The van der Waals surface area contributed by atoms with Crippen molar-refractivity contribution in [1.82, 2.24) is 0 Å². The fraction of sp³-hybridized carbons (Fsp3) is 0.211. The fourth-order valence-electron chi connectivity index (χ4n) is 2.39. The molecule has 0 radical (unpaired) electrons. The summed E-state index contributed by atoms with van der Waals surface area (Å²) in [5.41, 5.74) is 2.07. The number of phenolic OH excluding ortho intramolecular Hbond substituents is 1. The Bertz CT molecular complexity index is 762. The number of fused-ring (bicyclic) bond motifs is 1. The lowest BCUT2D eigenvalue weighted by atomic mass is 10.1. The molecule has 4 heteroatoms. The van der Waals surface area contributed by atoms with Crippen LogP contribution >= 0.6 is 0 Å². The third-order valence-electron chi connectivity index (χ3n) is 3.62. The van der Waals surface area contributed by atoms with Crippen LogP contribution in [-0.2, 0) is 0 Å². The van der Waals surface area contributed by atoms with E-state index in [0.29, 0.717) is 24.5 Å². The molecule has 1 heterocycles. The Balaban J connectivity index is 1.81. The Hall–Kier alpha value is -2.75. The van der Waals surface area contributed by atoms with Crippen LogP contribution < -0.4 is 9.47 Å². The van der Waals surface area contributed by atoms with Gasteiger partial charge in [0.15, 0.2) is 17.3 Å². The topological polar surface area (TPSA) is 55.8 Å². The van der Waals surface area contributed by atoms with E-state index < -0.39 is 0 Å². The van der Waals surface area contributed by atoms with Crippen LogP contribution in [0.2, 0.25) is 0 Å². The minimum atomic E-state index is -0.238. The molecule has 0 fully saturated rings. The summed E-state index contributed by atoms with van der Waals surface area (Å²) in [5, 5.41) is 9.80. The first-order chi connectivity index (χ1) is 11.1. The third-order valence-corrected chi connectivity index (χ3v) is 3.62. The van der Waals surface area contributed by atoms with Crippen LogP contribution in [-0.4, -0.2) is 24.1 Å². The van der Waals surface area contributed by atoms with Gasteiger partial charge in [-0.25, -0.2) is 0 Å². The van der Waals surface area contributed by atoms with Crippen molar-refractivity contribution < 1.29 is 19.4 Å². The quantitative estimate of drug-likeness (QED) is 0.693. The summed E-state index contributed by atoms with van der Waals surface area (Å²) in [4.78, 5) is 12.2. The van der Waals surface area contributed by atoms with Gasteiger partial charge in [0.25, 0.3) is 0 Å². The first-order valence-corrected chi connectivity index (χ1v) is 7.55. The third kappa shape index (κ3) is 3.54. The number of ketones is 1. The molecule has 0 spiro atoms. The number of benzene rings is 2. The molecule has 2 aromatic carbocycles. The second-order valence-corrected chi connectivity index (χ2v) is 5.47. The summed E-state index contributed by atoms with van der Waals surface area (Å²) < 4.78 is 11.2. The molecular formula is C19H18O4. The van der Waals surface area contributed by atoms with E-state index in [2.05, 4.69) is 0 Å². The number of hydrogen-bond acceptors (Lipinski definition) is 4. The van der Waals surface area contributed by atoms with Crippen molar-refractivity contribution >= 4 is 11.9 Å². The van der Waals surface area contributed by atoms with Crippen LogP contribution in [0, 0.1) is 6.92 Å². The standard InChI is InChI=1S/C19H18O4/c1-13-3-6-16(20)15(11-13)17(21)7-4-14-5-8-18-19(12-14)23-10-2-9-22-18/h3-8,11-12,20H,2,9-10H2,1H3. The van der Waals surface area contributed by atoms with Crippen LogP contribution in [0.15, 0.2) is 42.5 Å². The molecule has 2 aromatic rings. The summed E-state index contributed by atoms with van der Waals surface area (Å²) >= 11 is 0. The minimum absolute atomic E-state index is 0.0103. The zero-order valence-electron chi connectivity index (χ0n) is 12.9. The van der Waals surface area contributed by atoms with Gasteiger partial charge in [-0.15, -0.1) is 0 Å². The number of aromatic hydroxyl groups is 1. The van der Waals surface area contributed by atoms with E-state index in [1.54, 1.807) is 18.2 Å². The summed E-state index contributed by atoms with van der Waals surface area (Å²) in [7, 11) is 0. The first kappa shape index (κ1) is 15.2. The molecule has 0 aromatic heterocycles. The van der Waals surface area contributed by atoms with E-state index in [4.69, 9.17) is 9.47 Å². The van der Waals surface area contributed by atoms with Gasteiger partial charge in [0.05, 0.1) is 18.8 Å². The second-order valence-electron chi connectivity index (χ2n) is 5.47. The zero-order chi connectivity index (χ0) is 16.2. The normalized spacial score (nSPS) is 13.8. The van der Waals surface area contributed by atoms with Gasteiger partial charge in [-0.3, -0.25) is 4.79 Å². The average Bonchev–Trinajstić information content (AvgIpc) is 2.79. The van der Waals surface area contributed by atoms with Gasteiger partial charge in [0.2, 0.25) is 0 Å². The average molecular weight is 310 g/mol. The van der Waals surface area contributed by atoms with Gasteiger partial charge in [0, 0.05) is 6.42 Å². The highest BCUT2D eigenvalue weighted by molar-refractivity contribution is 6.08. The molecule has 0 saturated carbocycles. The van der Waals surface area contributed by atoms with E-state index >= 15 is 0 Å². The maximum atomic E-state index is 12.2. The highest BCUT2D eigenvalue weighted by Gasteiger charge is 2.11. The van der Waals surface area contributed by atoms with Crippen molar-refractivity contribution in [3.05, 3.63) is 59.2 Å². The molecule has 4 nitrogen and oxygen atoms in total. The minimum Gasteiger partial charge on any atom is -0.507 e. The molecule has 1 aliphatic heterocycles. The van der Waals surface area contributed by atoms with Gasteiger partial charge in [-0.2, -0.15) is 0 Å². The monoisotopic (exact) mass is 310 g/mol. The van der Waals surface area contributed by atoms with Gasteiger partial charge in [0.1, 0.15) is 5.75 Å². The Morgan fingerprint density at radius 3 is 2.70 bits per heavy atom. The molecular weight excluding hydrogens is 292 g/mol. The van der Waals surface area contributed by atoms with Gasteiger partial charge < -0.3 is 14.6 Å². The summed E-state index contributed by atoms with van der Waals surface area (Å²) in [5.74, 6) is 1.17. The Morgan fingerprint density at radius 1 is 1.09 bits per heavy atom. The Labute approximate surface area is 135 Å². The number of allylic oxidation sites excluding steroid dienone is 1. The summed E-state index contributed by atoms with van der Waals surface area (Å²) in [6, 6.07) is 10.5. The van der Waals surface area contributed by atoms with E-state index in [1.165, 1.54) is 12.1 Å². The highest BCUT2D eigenvalue weighted by Crippen LogP contribution is 2.31. The Morgan fingerprint density at radius 2 is 1.87 bits per heavy atom. The summed E-state index contributed by atoms with van der Waals surface area (Å²) in [6.07, 6.45) is 4.01. The van der Waals surface area contributed by atoms with Gasteiger partial charge >= 0.3 is 0 Å². The van der Waals surface area contributed by atoms with Crippen LogP contribution in [0.4, 0.5) is 0 Å². The van der Waals surface area contributed by atoms with Crippen molar-refractivity contribution in [2.75, 3.05) is 13.2 Å². The number of phenols is 1. The molecule has 0 atom stereocenters. The van der Waals surface area contributed by atoms with Crippen molar-refractivity contribution in [1.29, 1.82) is 0 Å². The highest BCUT2D eigenvalue weighted by atomic mass is 16.5.